The zero-order valence-corrected chi connectivity index (χ0v) is 23.7. The molecule has 4 aliphatic carbocycles. The molecule has 36 heavy (non-hydrogen) atoms. The first kappa shape index (κ1) is 28.2. The molecule has 3 unspecified atom stereocenters. The number of nitrogens with one attached hydrogen (secondary N) is 1. The molecular weight excluding hydrogens is 478 g/mol. The summed E-state index contributed by atoms with van der Waals surface area (Å²) in [6.07, 6.45) is 9.73. The van der Waals surface area contributed by atoms with E-state index < -0.39 is 16.1 Å². The number of fused-ring (bicyclic) bond motifs is 5. The predicted octanol–water partition coefficient (Wildman–Crippen LogP) is 4.72. The van der Waals surface area contributed by atoms with Crippen LogP contribution >= 0.6 is 0 Å². The van der Waals surface area contributed by atoms with Crippen molar-refractivity contribution >= 4 is 16.1 Å². The fourth-order valence-corrected chi connectivity index (χ4v) is 10.2. The van der Waals surface area contributed by atoms with Crippen LogP contribution in [0, 0.1) is 52.3 Å². The van der Waals surface area contributed by atoms with Gasteiger partial charge in [0.15, 0.2) is 0 Å². The van der Waals surface area contributed by atoms with Gasteiger partial charge in [0.25, 0.3) is 0 Å². The SMILES string of the molecule is CC[C@@H]1C2C[C@H](O)CCC2(C)[C@H]2CC[C@]3(C)[C@@H]([C@H](C)CCCOC(=O)NS(C)(=O)=O)CC[C@H]3C2[C@@H]1O. The Balaban J connectivity index is 1.42. The van der Waals surface area contributed by atoms with Gasteiger partial charge in [0.1, 0.15) is 0 Å². The van der Waals surface area contributed by atoms with E-state index in [9.17, 15) is 23.4 Å². The number of carbonyl (C=O) groups excluding carboxylic acids is 1. The lowest BCUT2D eigenvalue weighted by atomic mass is 9.41. The fourth-order valence-electron chi connectivity index (χ4n) is 9.88. The normalized spacial score (nSPS) is 45.2. The molecule has 208 valence electrons. The van der Waals surface area contributed by atoms with Crippen LogP contribution in [0.1, 0.15) is 91.9 Å². The Labute approximate surface area is 218 Å². The Morgan fingerprint density at radius 3 is 2.39 bits per heavy atom. The largest absolute Gasteiger partial charge is 0.449 e. The van der Waals surface area contributed by atoms with Gasteiger partial charge in [-0.25, -0.2) is 17.9 Å². The van der Waals surface area contributed by atoms with Crippen molar-refractivity contribution in [1.82, 2.24) is 4.72 Å². The van der Waals surface area contributed by atoms with Crippen LogP contribution in [0.3, 0.4) is 0 Å². The first-order valence-electron chi connectivity index (χ1n) is 14.3. The van der Waals surface area contributed by atoms with Crippen molar-refractivity contribution in [2.24, 2.45) is 52.3 Å². The van der Waals surface area contributed by atoms with E-state index in [0.29, 0.717) is 41.9 Å². The number of amides is 1. The number of hydrogen-bond donors (Lipinski definition) is 3. The number of rotatable bonds is 7. The second-order valence-corrected chi connectivity index (χ2v) is 15.0. The van der Waals surface area contributed by atoms with E-state index in [2.05, 4.69) is 27.7 Å². The van der Waals surface area contributed by atoms with E-state index in [0.717, 1.165) is 38.4 Å². The number of aliphatic hydroxyl groups is 2. The van der Waals surface area contributed by atoms with Crippen molar-refractivity contribution in [3.05, 3.63) is 0 Å². The molecule has 0 heterocycles. The fraction of sp³-hybridized carbons (Fsp3) is 0.964. The summed E-state index contributed by atoms with van der Waals surface area (Å²) in [6, 6.07) is 0. The van der Waals surface area contributed by atoms with Crippen molar-refractivity contribution in [3.63, 3.8) is 0 Å². The van der Waals surface area contributed by atoms with E-state index in [1.807, 2.05) is 4.72 Å². The lowest BCUT2D eigenvalue weighted by Crippen LogP contribution is -2.62. The van der Waals surface area contributed by atoms with Gasteiger partial charge in [-0.1, -0.05) is 34.1 Å². The van der Waals surface area contributed by atoms with Crippen LogP contribution in [0.15, 0.2) is 0 Å². The minimum atomic E-state index is -3.60. The number of ether oxygens (including phenoxy) is 1. The number of carbonyl (C=O) groups is 1. The van der Waals surface area contributed by atoms with Crippen LogP contribution < -0.4 is 4.72 Å². The summed E-state index contributed by atoms with van der Waals surface area (Å²) in [5.41, 5.74) is 0.435. The maximum Gasteiger partial charge on any atom is 0.420 e. The molecule has 7 nitrogen and oxygen atoms in total. The van der Waals surface area contributed by atoms with Gasteiger partial charge in [-0.2, -0.15) is 0 Å². The Hall–Kier alpha value is -0.860. The smallest absolute Gasteiger partial charge is 0.420 e. The molecule has 0 aromatic carbocycles. The summed E-state index contributed by atoms with van der Waals surface area (Å²) in [6.45, 7) is 9.70. The van der Waals surface area contributed by atoms with Crippen molar-refractivity contribution in [2.75, 3.05) is 12.9 Å². The molecular formula is C28H49NO6S. The van der Waals surface area contributed by atoms with Gasteiger partial charge >= 0.3 is 6.09 Å². The number of sulfonamides is 1. The van der Waals surface area contributed by atoms with Gasteiger partial charge in [0.2, 0.25) is 10.0 Å². The van der Waals surface area contributed by atoms with Gasteiger partial charge in [0, 0.05) is 0 Å². The van der Waals surface area contributed by atoms with Crippen LogP contribution in [0.25, 0.3) is 0 Å². The van der Waals surface area contributed by atoms with Crippen molar-refractivity contribution < 1.29 is 28.2 Å². The van der Waals surface area contributed by atoms with E-state index >= 15 is 0 Å². The third kappa shape index (κ3) is 5.07. The average molecular weight is 528 g/mol. The van der Waals surface area contributed by atoms with E-state index in [1.165, 1.54) is 25.7 Å². The molecule has 0 spiro atoms. The highest BCUT2D eigenvalue weighted by Crippen LogP contribution is 2.69. The quantitative estimate of drug-likeness (QED) is 0.413. The van der Waals surface area contributed by atoms with Crippen LogP contribution in [-0.4, -0.2) is 49.8 Å². The molecule has 8 heteroatoms. The Morgan fingerprint density at radius 2 is 1.72 bits per heavy atom. The third-order valence-electron chi connectivity index (χ3n) is 11.5. The van der Waals surface area contributed by atoms with Gasteiger partial charge in [-0.3, -0.25) is 0 Å². The molecule has 3 N–H and O–H groups in total. The molecule has 1 amide bonds. The van der Waals surface area contributed by atoms with Gasteiger partial charge in [-0.15, -0.1) is 0 Å². The number of aliphatic hydroxyl groups excluding tert-OH is 2. The molecule has 11 atom stereocenters. The first-order valence-corrected chi connectivity index (χ1v) is 16.2. The minimum Gasteiger partial charge on any atom is -0.449 e. The van der Waals surface area contributed by atoms with Crippen molar-refractivity contribution in [2.45, 2.75) is 104 Å². The van der Waals surface area contributed by atoms with Crippen LogP contribution in [0.2, 0.25) is 0 Å². The first-order chi connectivity index (χ1) is 16.8. The van der Waals surface area contributed by atoms with Gasteiger partial charge in [0.05, 0.1) is 25.1 Å². The average Bonchev–Trinajstić information content (AvgIpc) is 3.14. The second kappa shape index (κ2) is 10.4. The molecule has 4 aliphatic rings. The summed E-state index contributed by atoms with van der Waals surface area (Å²) < 4.78 is 29.2. The lowest BCUT2D eigenvalue weighted by molar-refractivity contribution is -0.203. The van der Waals surface area contributed by atoms with Crippen LogP contribution in [0.5, 0.6) is 0 Å². The minimum absolute atomic E-state index is 0.214. The highest BCUT2D eigenvalue weighted by molar-refractivity contribution is 7.89. The highest BCUT2D eigenvalue weighted by Gasteiger charge is 2.64. The zero-order valence-electron chi connectivity index (χ0n) is 22.9. The molecule has 4 rings (SSSR count). The standard InChI is InChI=1S/C28H49NO6S/c1-6-19-23-16-18(30)11-13-28(23,4)22-12-14-27(3)20(9-10-21(27)24(22)25(19)31)17(2)8-7-15-35-26(32)29-36(5,33)34/h17-25,30-31H,6-16H2,1-5H3,(H,29,32)/t17-,18-,19-,20-,21+,22+,23?,24?,25-,27-,28?/m1/s1. The number of hydrogen-bond acceptors (Lipinski definition) is 6. The maximum atomic E-state index is 11.8. The Kier molecular flexibility index (Phi) is 8.11. The molecule has 0 aromatic rings. The summed E-state index contributed by atoms with van der Waals surface area (Å²) in [4.78, 5) is 11.6. The van der Waals surface area contributed by atoms with Crippen LogP contribution in [0.4, 0.5) is 4.79 Å². The molecule has 0 radical (unpaired) electrons. The zero-order chi connectivity index (χ0) is 26.5. The van der Waals surface area contributed by atoms with Crippen molar-refractivity contribution in [3.8, 4) is 0 Å². The molecule has 4 saturated carbocycles. The Morgan fingerprint density at radius 1 is 1.06 bits per heavy atom. The summed E-state index contributed by atoms with van der Waals surface area (Å²) in [5.74, 6) is 3.19. The van der Waals surface area contributed by atoms with Gasteiger partial charge in [-0.05, 0) is 110 Å². The molecule has 0 aromatic heterocycles. The monoisotopic (exact) mass is 527 g/mol. The van der Waals surface area contributed by atoms with E-state index in [1.54, 1.807) is 0 Å². The van der Waals surface area contributed by atoms with E-state index in [-0.39, 0.29) is 35.6 Å². The van der Waals surface area contributed by atoms with Gasteiger partial charge < -0.3 is 14.9 Å². The summed E-state index contributed by atoms with van der Waals surface area (Å²) in [5, 5.41) is 22.3. The molecule has 0 aliphatic heterocycles. The van der Waals surface area contributed by atoms with Crippen molar-refractivity contribution in [1.29, 1.82) is 0 Å². The van der Waals surface area contributed by atoms with Crippen LogP contribution in [-0.2, 0) is 14.8 Å². The molecule has 4 fully saturated rings. The maximum absolute atomic E-state index is 11.8. The third-order valence-corrected chi connectivity index (χ3v) is 12.0. The second-order valence-electron chi connectivity index (χ2n) is 13.3. The lowest BCUT2D eigenvalue weighted by Gasteiger charge is -2.64. The topological polar surface area (TPSA) is 113 Å². The molecule has 0 bridgehead atoms. The highest BCUT2D eigenvalue weighted by atomic mass is 32.2. The predicted molar refractivity (Wildman–Crippen MR) is 140 cm³/mol. The summed E-state index contributed by atoms with van der Waals surface area (Å²) >= 11 is 0. The van der Waals surface area contributed by atoms with E-state index in [4.69, 9.17) is 4.74 Å². The molecule has 0 saturated heterocycles. The Bertz CT molecular complexity index is 910. The summed E-state index contributed by atoms with van der Waals surface area (Å²) in [7, 11) is -3.60.